The molecule has 0 N–H and O–H groups in total. The summed E-state index contributed by atoms with van der Waals surface area (Å²) < 4.78 is 4.96. The molecular weight excluding hydrogens is 102 g/mol. The van der Waals surface area contributed by atoms with Crippen LogP contribution in [0.15, 0.2) is 12.2 Å². The van der Waals surface area contributed by atoms with Gasteiger partial charge in [0.15, 0.2) is 0 Å². The zero-order chi connectivity index (χ0) is 5.82. The van der Waals surface area contributed by atoms with Crippen LogP contribution in [0.3, 0.4) is 0 Å². The summed E-state index contributed by atoms with van der Waals surface area (Å²) in [6.45, 7) is 1.23. The smallest absolute Gasteiger partial charge is 0.0878 e. The van der Waals surface area contributed by atoms with Crippen LogP contribution in [0.25, 0.3) is 0 Å². The zero-order valence-electron chi connectivity index (χ0n) is 4.50. The molecular formula is C6H7NO. The van der Waals surface area contributed by atoms with Gasteiger partial charge in [-0.15, -0.1) is 0 Å². The van der Waals surface area contributed by atoms with Crippen LogP contribution in [0.1, 0.15) is 0 Å². The van der Waals surface area contributed by atoms with Crippen LogP contribution in [0, 0.1) is 17.2 Å². The second-order valence-electron chi connectivity index (χ2n) is 1.70. The molecule has 42 valence electrons. The van der Waals surface area contributed by atoms with Gasteiger partial charge in [0.05, 0.1) is 25.2 Å². The van der Waals surface area contributed by atoms with Gasteiger partial charge in [-0.05, 0) is 0 Å². The van der Waals surface area contributed by atoms with Gasteiger partial charge in [0.25, 0.3) is 0 Å². The largest absolute Gasteiger partial charge is 0.376 e. The second kappa shape index (κ2) is 2.49. The molecule has 1 unspecified atom stereocenters. The van der Waals surface area contributed by atoms with E-state index in [1.54, 1.807) is 0 Å². The SMILES string of the molecule is N#CC1C=CCOC1. The molecule has 0 bridgehead atoms. The number of nitriles is 1. The lowest BCUT2D eigenvalue weighted by atomic mass is 10.1. The Hall–Kier alpha value is -0.810. The molecule has 2 nitrogen and oxygen atoms in total. The molecule has 0 aromatic rings. The van der Waals surface area contributed by atoms with Crippen molar-refractivity contribution in [2.45, 2.75) is 0 Å². The minimum Gasteiger partial charge on any atom is -0.376 e. The van der Waals surface area contributed by atoms with Crippen LogP contribution >= 0.6 is 0 Å². The van der Waals surface area contributed by atoms with E-state index in [0.717, 1.165) is 0 Å². The van der Waals surface area contributed by atoms with E-state index in [4.69, 9.17) is 10.00 Å². The summed E-state index contributed by atoms with van der Waals surface area (Å²) in [5, 5.41) is 8.31. The Balaban J connectivity index is 2.46. The van der Waals surface area contributed by atoms with Crippen molar-refractivity contribution in [2.24, 2.45) is 5.92 Å². The third-order valence-corrected chi connectivity index (χ3v) is 1.05. The van der Waals surface area contributed by atoms with E-state index in [1.807, 2.05) is 12.2 Å². The molecule has 0 radical (unpaired) electrons. The van der Waals surface area contributed by atoms with Crippen LogP contribution in [-0.2, 0) is 4.74 Å². The number of rotatable bonds is 0. The highest BCUT2D eigenvalue weighted by Gasteiger charge is 2.04. The van der Waals surface area contributed by atoms with Crippen molar-refractivity contribution in [1.82, 2.24) is 0 Å². The van der Waals surface area contributed by atoms with E-state index >= 15 is 0 Å². The Bertz CT molecular complexity index is 134. The molecule has 0 saturated heterocycles. The Morgan fingerprint density at radius 1 is 1.75 bits per heavy atom. The van der Waals surface area contributed by atoms with Gasteiger partial charge in [0.2, 0.25) is 0 Å². The first-order valence-corrected chi connectivity index (χ1v) is 2.57. The van der Waals surface area contributed by atoms with Crippen LogP contribution in [0.2, 0.25) is 0 Å². The Morgan fingerprint density at radius 2 is 2.62 bits per heavy atom. The maximum Gasteiger partial charge on any atom is 0.0878 e. The number of hydrogen-bond acceptors (Lipinski definition) is 2. The standard InChI is InChI=1S/C6H7NO/c7-4-6-2-1-3-8-5-6/h1-2,6H,3,5H2. The first kappa shape index (κ1) is 5.33. The molecule has 0 spiro atoms. The molecule has 1 aliphatic rings. The normalized spacial score (nSPS) is 27.1. The van der Waals surface area contributed by atoms with Crippen LogP contribution in [0.4, 0.5) is 0 Å². The lowest BCUT2D eigenvalue weighted by Gasteiger charge is -2.07. The van der Waals surface area contributed by atoms with Crippen LogP contribution < -0.4 is 0 Å². The lowest BCUT2D eigenvalue weighted by Crippen LogP contribution is -2.09. The van der Waals surface area contributed by atoms with E-state index in [9.17, 15) is 0 Å². The molecule has 0 saturated carbocycles. The van der Waals surface area contributed by atoms with Gasteiger partial charge in [-0.25, -0.2) is 0 Å². The summed E-state index contributed by atoms with van der Waals surface area (Å²) in [5.74, 6) is -0.0104. The summed E-state index contributed by atoms with van der Waals surface area (Å²) >= 11 is 0. The third kappa shape index (κ3) is 1.08. The molecule has 1 atom stereocenters. The average Bonchev–Trinajstić information content (AvgIpc) is 1.90. The molecule has 0 aromatic carbocycles. The topological polar surface area (TPSA) is 33.0 Å². The van der Waals surface area contributed by atoms with E-state index in [1.165, 1.54) is 0 Å². The molecule has 2 heteroatoms. The Kier molecular flexibility index (Phi) is 1.66. The van der Waals surface area contributed by atoms with Gasteiger partial charge in [-0.2, -0.15) is 5.26 Å². The minimum atomic E-state index is -0.0104. The van der Waals surface area contributed by atoms with E-state index in [0.29, 0.717) is 13.2 Å². The van der Waals surface area contributed by atoms with Gasteiger partial charge in [-0.1, -0.05) is 12.2 Å². The van der Waals surface area contributed by atoms with Gasteiger partial charge < -0.3 is 4.74 Å². The fraction of sp³-hybridized carbons (Fsp3) is 0.500. The summed E-state index contributed by atoms with van der Waals surface area (Å²) in [7, 11) is 0. The van der Waals surface area contributed by atoms with Crippen molar-refractivity contribution < 1.29 is 4.74 Å². The number of hydrogen-bond donors (Lipinski definition) is 0. The molecule has 0 aromatic heterocycles. The molecule has 1 rings (SSSR count). The molecule has 1 aliphatic heterocycles. The molecule has 1 heterocycles. The maximum absolute atomic E-state index is 8.31. The van der Waals surface area contributed by atoms with E-state index in [-0.39, 0.29) is 5.92 Å². The van der Waals surface area contributed by atoms with Crippen molar-refractivity contribution in [2.75, 3.05) is 13.2 Å². The van der Waals surface area contributed by atoms with E-state index in [2.05, 4.69) is 6.07 Å². The minimum absolute atomic E-state index is 0.0104. The predicted octanol–water partition coefficient (Wildman–Crippen LogP) is 0.713. The molecule has 0 fully saturated rings. The lowest BCUT2D eigenvalue weighted by molar-refractivity contribution is 0.140. The Labute approximate surface area is 48.4 Å². The van der Waals surface area contributed by atoms with E-state index < -0.39 is 0 Å². The van der Waals surface area contributed by atoms with Gasteiger partial charge >= 0.3 is 0 Å². The quantitative estimate of drug-likeness (QED) is 0.429. The zero-order valence-corrected chi connectivity index (χ0v) is 4.50. The summed E-state index contributed by atoms with van der Waals surface area (Å²) in [4.78, 5) is 0. The first-order valence-electron chi connectivity index (χ1n) is 2.57. The van der Waals surface area contributed by atoms with Crippen molar-refractivity contribution in [1.29, 1.82) is 5.26 Å². The summed E-state index contributed by atoms with van der Waals surface area (Å²) in [6.07, 6.45) is 3.75. The van der Waals surface area contributed by atoms with Gasteiger partial charge in [0, 0.05) is 0 Å². The average molecular weight is 109 g/mol. The third-order valence-electron chi connectivity index (χ3n) is 1.05. The monoisotopic (exact) mass is 109 g/mol. The first-order chi connectivity index (χ1) is 3.93. The van der Waals surface area contributed by atoms with Crippen LogP contribution in [0.5, 0.6) is 0 Å². The summed E-state index contributed by atoms with van der Waals surface area (Å²) in [5.41, 5.74) is 0. The molecule has 0 amide bonds. The summed E-state index contributed by atoms with van der Waals surface area (Å²) in [6, 6.07) is 2.09. The van der Waals surface area contributed by atoms with Crippen molar-refractivity contribution in [3.8, 4) is 6.07 Å². The maximum atomic E-state index is 8.31. The Morgan fingerprint density at radius 3 is 3.00 bits per heavy atom. The van der Waals surface area contributed by atoms with Crippen molar-refractivity contribution in [3.63, 3.8) is 0 Å². The highest BCUT2D eigenvalue weighted by molar-refractivity contribution is 5.02. The fourth-order valence-electron chi connectivity index (χ4n) is 0.619. The van der Waals surface area contributed by atoms with Crippen LogP contribution in [-0.4, -0.2) is 13.2 Å². The highest BCUT2D eigenvalue weighted by atomic mass is 16.5. The highest BCUT2D eigenvalue weighted by Crippen LogP contribution is 2.02. The van der Waals surface area contributed by atoms with Crippen molar-refractivity contribution >= 4 is 0 Å². The molecule has 8 heavy (non-hydrogen) atoms. The van der Waals surface area contributed by atoms with Gasteiger partial charge in [-0.3, -0.25) is 0 Å². The number of ether oxygens (including phenoxy) is 1. The number of nitrogens with zero attached hydrogens (tertiary/aromatic N) is 1. The predicted molar refractivity (Wildman–Crippen MR) is 29.1 cm³/mol. The van der Waals surface area contributed by atoms with Gasteiger partial charge in [0.1, 0.15) is 0 Å². The molecule has 0 aliphatic carbocycles. The van der Waals surface area contributed by atoms with Crippen molar-refractivity contribution in [3.05, 3.63) is 12.2 Å². The fourth-order valence-corrected chi connectivity index (χ4v) is 0.619. The second-order valence-corrected chi connectivity index (χ2v) is 1.70.